The number of benzene rings is 1. The lowest BCUT2D eigenvalue weighted by Crippen LogP contribution is -2.03. The number of rotatable bonds is 5. The van der Waals surface area contributed by atoms with E-state index < -0.39 is 17.7 Å². The van der Waals surface area contributed by atoms with Crippen LogP contribution in [0.5, 0.6) is 0 Å². The van der Waals surface area contributed by atoms with Crippen LogP contribution in [-0.2, 0) is 0 Å². The van der Waals surface area contributed by atoms with E-state index in [1.54, 1.807) is 6.08 Å². The van der Waals surface area contributed by atoms with Gasteiger partial charge in [0.25, 0.3) is 0 Å². The second-order valence-electron chi connectivity index (χ2n) is 3.37. The normalized spacial score (nSPS) is 12.5. The van der Waals surface area contributed by atoms with Crippen LogP contribution in [0, 0.1) is 11.6 Å². The van der Waals surface area contributed by atoms with Gasteiger partial charge in [0, 0.05) is 0 Å². The van der Waals surface area contributed by atoms with Crippen molar-refractivity contribution >= 4 is 0 Å². The molecule has 1 rings (SSSR count). The van der Waals surface area contributed by atoms with Gasteiger partial charge in [-0.2, -0.15) is 0 Å². The van der Waals surface area contributed by atoms with Crippen molar-refractivity contribution in [3.63, 3.8) is 0 Å². The Balaban J connectivity index is 2.72. The van der Waals surface area contributed by atoms with E-state index in [1.165, 1.54) is 6.07 Å². The van der Waals surface area contributed by atoms with E-state index in [1.807, 2.05) is 0 Å². The van der Waals surface area contributed by atoms with Crippen LogP contribution in [0.2, 0.25) is 0 Å². The molecule has 0 fully saturated rings. The van der Waals surface area contributed by atoms with Gasteiger partial charge in [0.1, 0.15) is 11.6 Å². The van der Waals surface area contributed by atoms with Crippen LogP contribution in [0.25, 0.3) is 0 Å². The minimum absolute atomic E-state index is 0.235. The zero-order valence-corrected chi connectivity index (χ0v) is 8.42. The van der Waals surface area contributed by atoms with Gasteiger partial charge in [0.05, 0.1) is 11.7 Å². The summed E-state index contributed by atoms with van der Waals surface area (Å²) in [5.41, 5.74) is -0.235. The van der Waals surface area contributed by atoms with Gasteiger partial charge in [-0.05, 0) is 31.4 Å². The predicted molar refractivity (Wildman–Crippen MR) is 55.4 cm³/mol. The molecule has 0 bridgehead atoms. The van der Waals surface area contributed by atoms with E-state index in [0.29, 0.717) is 12.8 Å². The highest BCUT2D eigenvalue weighted by molar-refractivity contribution is 5.21. The Labute approximate surface area is 88.1 Å². The molecule has 0 saturated heterocycles. The average Bonchev–Trinajstić information content (AvgIpc) is 2.18. The largest absolute Gasteiger partial charge is 0.388 e. The van der Waals surface area contributed by atoms with Gasteiger partial charge < -0.3 is 5.11 Å². The molecule has 82 valence electrons. The fraction of sp³-hybridized carbons (Fsp3) is 0.333. The molecule has 1 aromatic rings. The summed E-state index contributed by atoms with van der Waals surface area (Å²) >= 11 is 0. The van der Waals surface area contributed by atoms with Crippen LogP contribution in [-0.4, -0.2) is 5.11 Å². The molecule has 0 aromatic heterocycles. The second-order valence-corrected chi connectivity index (χ2v) is 3.37. The Kier molecular flexibility index (Phi) is 4.43. The van der Waals surface area contributed by atoms with Crippen LogP contribution < -0.4 is 0 Å². The number of aliphatic hydroxyl groups excluding tert-OH is 1. The molecular weight excluding hydrogens is 198 g/mol. The number of hydrogen-bond acceptors (Lipinski definition) is 1. The maximum Gasteiger partial charge on any atom is 0.131 e. The quantitative estimate of drug-likeness (QED) is 0.586. The summed E-state index contributed by atoms with van der Waals surface area (Å²) < 4.78 is 26.4. The Bertz CT molecular complexity index is 316. The minimum atomic E-state index is -1.08. The summed E-state index contributed by atoms with van der Waals surface area (Å²) in [6.45, 7) is 3.54. The third-order valence-corrected chi connectivity index (χ3v) is 2.22. The molecule has 1 unspecified atom stereocenters. The molecule has 0 aliphatic heterocycles. The average molecular weight is 212 g/mol. The first-order valence-corrected chi connectivity index (χ1v) is 4.89. The Morgan fingerprint density at radius 1 is 1.33 bits per heavy atom. The molecule has 1 atom stereocenters. The van der Waals surface area contributed by atoms with Crippen molar-refractivity contribution in [2.75, 3.05) is 0 Å². The van der Waals surface area contributed by atoms with Gasteiger partial charge in [-0.1, -0.05) is 12.1 Å². The highest BCUT2D eigenvalue weighted by Gasteiger charge is 2.16. The zero-order chi connectivity index (χ0) is 11.3. The van der Waals surface area contributed by atoms with Gasteiger partial charge in [0.2, 0.25) is 0 Å². The van der Waals surface area contributed by atoms with E-state index in [9.17, 15) is 13.9 Å². The van der Waals surface area contributed by atoms with Crippen molar-refractivity contribution in [1.82, 2.24) is 0 Å². The molecule has 15 heavy (non-hydrogen) atoms. The first-order valence-electron chi connectivity index (χ1n) is 4.89. The topological polar surface area (TPSA) is 20.2 Å². The number of hydrogen-bond donors (Lipinski definition) is 1. The lowest BCUT2D eigenvalue weighted by molar-refractivity contribution is 0.155. The predicted octanol–water partition coefficient (Wildman–Crippen LogP) is 3.35. The van der Waals surface area contributed by atoms with Gasteiger partial charge in [-0.3, -0.25) is 0 Å². The second kappa shape index (κ2) is 5.61. The third-order valence-electron chi connectivity index (χ3n) is 2.22. The molecule has 3 heteroatoms. The number of allylic oxidation sites excluding steroid dienone is 1. The maximum absolute atomic E-state index is 13.2. The van der Waals surface area contributed by atoms with Crippen molar-refractivity contribution in [2.45, 2.75) is 25.4 Å². The Morgan fingerprint density at radius 2 is 1.93 bits per heavy atom. The van der Waals surface area contributed by atoms with Crippen LogP contribution in [0.1, 0.15) is 30.9 Å². The number of aliphatic hydroxyl groups is 1. The monoisotopic (exact) mass is 212 g/mol. The lowest BCUT2D eigenvalue weighted by atomic mass is 10.0. The molecule has 0 radical (unpaired) electrons. The number of unbranched alkanes of at least 4 members (excludes halogenated alkanes) is 1. The third kappa shape index (κ3) is 3.13. The molecular formula is C12H14F2O. The van der Waals surface area contributed by atoms with Crippen molar-refractivity contribution < 1.29 is 13.9 Å². The van der Waals surface area contributed by atoms with E-state index in [0.717, 1.165) is 18.6 Å². The summed E-state index contributed by atoms with van der Waals surface area (Å²) in [5, 5.41) is 9.59. The van der Waals surface area contributed by atoms with Gasteiger partial charge in [-0.15, -0.1) is 6.58 Å². The SMILES string of the molecule is C=CCCCC(O)c1c(F)cccc1F. The molecule has 0 spiro atoms. The highest BCUT2D eigenvalue weighted by atomic mass is 19.1. The van der Waals surface area contributed by atoms with E-state index in [-0.39, 0.29) is 5.56 Å². The van der Waals surface area contributed by atoms with Crippen molar-refractivity contribution in [3.8, 4) is 0 Å². The standard InChI is InChI=1S/C12H14F2O/c1-2-3-4-8-11(15)12-9(13)6-5-7-10(12)14/h2,5-7,11,15H,1,3-4,8H2. The Hall–Kier alpha value is -1.22. The molecule has 1 N–H and O–H groups in total. The molecule has 0 aliphatic carbocycles. The van der Waals surface area contributed by atoms with Gasteiger partial charge in [-0.25, -0.2) is 8.78 Å². The van der Waals surface area contributed by atoms with Crippen LogP contribution in [0.15, 0.2) is 30.9 Å². The lowest BCUT2D eigenvalue weighted by Gasteiger charge is -2.11. The van der Waals surface area contributed by atoms with Crippen molar-refractivity contribution in [1.29, 1.82) is 0 Å². The first-order chi connectivity index (χ1) is 7.16. The first kappa shape index (κ1) is 11.9. The Morgan fingerprint density at radius 3 is 2.47 bits per heavy atom. The summed E-state index contributed by atoms with van der Waals surface area (Å²) in [5.74, 6) is -1.39. The van der Waals surface area contributed by atoms with E-state index >= 15 is 0 Å². The fourth-order valence-electron chi connectivity index (χ4n) is 1.43. The van der Waals surface area contributed by atoms with E-state index in [2.05, 4.69) is 6.58 Å². The van der Waals surface area contributed by atoms with Crippen LogP contribution in [0.4, 0.5) is 8.78 Å². The molecule has 0 aliphatic rings. The highest BCUT2D eigenvalue weighted by Crippen LogP contribution is 2.24. The number of halogens is 2. The summed E-state index contributed by atoms with van der Waals surface area (Å²) in [6.07, 6.45) is 2.37. The van der Waals surface area contributed by atoms with Gasteiger partial charge >= 0.3 is 0 Å². The van der Waals surface area contributed by atoms with Crippen molar-refractivity contribution in [2.24, 2.45) is 0 Å². The molecule has 0 amide bonds. The van der Waals surface area contributed by atoms with E-state index in [4.69, 9.17) is 0 Å². The molecule has 0 saturated carbocycles. The van der Waals surface area contributed by atoms with Crippen LogP contribution in [0.3, 0.4) is 0 Å². The zero-order valence-electron chi connectivity index (χ0n) is 8.42. The van der Waals surface area contributed by atoms with Gasteiger partial charge in [0.15, 0.2) is 0 Å². The van der Waals surface area contributed by atoms with Crippen LogP contribution >= 0.6 is 0 Å². The molecule has 1 aromatic carbocycles. The van der Waals surface area contributed by atoms with Crippen molar-refractivity contribution in [3.05, 3.63) is 48.1 Å². The summed E-state index contributed by atoms with van der Waals surface area (Å²) in [6, 6.07) is 3.58. The minimum Gasteiger partial charge on any atom is -0.388 e. The molecule has 1 nitrogen and oxygen atoms in total. The molecule has 0 heterocycles. The maximum atomic E-state index is 13.2. The summed E-state index contributed by atoms with van der Waals surface area (Å²) in [4.78, 5) is 0. The smallest absolute Gasteiger partial charge is 0.131 e. The summed E-state index contributed by atoms with van der Waals surface area (Å²) in [7, 11) is 0. The fourth-order valence-corrected chi connectivity index (χ4v) is 1.43.